The van der Waals surface area contributed by atoms with Crippen molar-refractivity contribution < 1.29 is 14.7 Å². The van der Waals surface area contributed by atoms with Gasteiger partial charge in [-0.05, 0) is 42.9 Å². The van der Waals surface area contributed by atoms with Crippen molar-refractivity contribution in [3.8, 4) is 0 Å². The maximum Gasteiger partial charge on any atom is 0.248 e. The number of hydrogen-bond acceptors (Lipinski definition) is 4. The van der Waals surface area contributed by atoms with Crippen LogP contribution in [0.4, 0.5) is 0 Å². The molecule has 0 bridgehead atoms. The van der Waals surface area contributed by atoms with Crippen molar-refractivity contribution in [2.75, 3.05) is 6.54 Å². The molecule has 0 radical (unpaired) electrons. The van der Waals surface area contributed by atoms with Crippen LogP contribution in [0.25, 0.3) is 0 Å². The van der Waals surface area contributed by atoms with Crippen molar-refractivity contribution in [3.05, 3.63) is 0 Å². The van der Waals surface area contributed by atoms with Gasteiger partial charge in [0, 0.05) is 9.97 Å². The summed E-state index contributed by atoms with van der Waals surface area (Å²) in [4.78, 5) is 24.4. The second-order valence-electron chi connectivity index (χ2n) is 9.45. The summed E-state index contributed by atoms with van der Waals surface area (Å²) in [6.07, 6.45) is 7.29. The van der Waals surface area contributed by atoms with Crippen LogP contribution in [0, 0.1) is 17.3 Å². The highest BCUT2D eigenvalue weighted by molar-refractivity contribution is 14.1. The summed E-state index contributed by atoms with van der Waals surface area (Å²) >= 11 is 2.56. The smallest absolute Gasteiger partial charge is 0.248 e. The lowest BCUT2D eigenvalue weighted by molar-refractivity contribution is -0.130. The molecule has 2 unspecified atom stereocenters. The van der Waals surface area contributed by atoms with Crippen LogP contribution in [0.3, 0.4) is 0 Å². The van der Waals surface area contributed by atoms with Crippen molar-refractivity contribution in [1.29, 1.82) is 0 Å². The highest BCUT2D eigenvalue weighted by Gasteiger charge is 2.53. The van der Waals surface area contributed by atoms with Gasteiger partial charge >= 0.3 is 0 Å². The molecule has 1 heterocycles. The van der Waals surface area contributed by atoms with Gasteiger partial charge in [-0.1, -0.05) is 62.1 Å². The van der Waals surface area contributed by atoms with Crippen LogP contribution in [0.5, 0.6) is 0 Å². The molecular weight excluding hydrogens is 457 g/mol. The largest absolute Gasteiger partial charge is 0.381 e. The minimum Gasteiger partial charge on any atom is -0.381 e. The average molecular weight is 491 g/mol. The molecule has 0 aromatic heterocycles. The molecule has 154 valence electrons. The number of aliphatic hydroxyl groups is 1. The van der Waals surface area contributed by atoms with Gasteiger partial charge in [-0.15, -0.1) is 0 Å². The Morgan fingerprint density at radius 1 is 1.30 bits per heavy atom. The van der Waals surface area contributed by atoms with Crippen LogP contribution in [-0.2, 0) is 9.59 Å². The third-order valence-corrected chi connectivity index (χ3v) is 9.78. The zero-order chi connectivity index (χ0) is 19.8. The summed E-state index contributed by atoms with van der Waals surface area (Å²) in [7, 11) is 0. The van der Waals surface area contributed by atoms with Crippen LogP contribution in [0.2, 0.25) is 0 Å². The first-order valence-corrected chi connectivity index (χ1v) is 11.4. The predicted molar refractivity (Wildman–Crippen MR) is 113 cm³/mol. The standard InChI is InChI=1S/C20H34IN3O3/c1-19(2,13-7-4-8-13)20(21)10-15(23-11-20)18(27)24-14(16(25)17(22)26)9-12-5-3-6-12/h12-16,23,25H,3-11H2,1-2H3,(H2,22,26)(H,24,27)/t14?,15-,16?,20+/m0/s1. The highest BCUT2D eigenvalue weighted by atomic mass is 127. The summed E-state index contributed by atoms with van der Waals surface area (Å²) in [5, 5.41) is 16.5. The molecule has 3 fully saturated rings. The first kappa shape index (κ1) is 21.3. The van der Waals surface area contributed by atoms with E-state index in [2.05, 4.69) is 47.1 Å². The van der Waals surface area contributed by atoms with E-state index in [-0.39, 0.29) is 20.8 Å². The normalized spacial score (nSPS) is 31.6. The minimum absolute atomic E-state index is 0.0314. The lowest BCUT2D eigenvalue weighted by Gasteiger charge is -2.49. The Morgan fingerprint density at radius 2 is 1.93 bits per heavy atom. The molecule has 6 nitrogen and oxygen atoms in total. The van der Waals surface area contributed by atoms with Crippen LogP contribution in [-0.4, -0.2) is 45.1 Å². The van der Waals surface area contributed by atoms with E-state index >= 15 is 0 Å². The second-order valence-corrected chi connectivity index (χ2v) is 11.5. The second kappa shape index (κ2) is 8.14. The molecule has 1 saturated heterocycles. The molecule has 7 heteroatoms. The molecule has 3 aliphatic rings. The highest BCUT2D eigenvalue weighted by Crippen LogP contribution is 2.55. The lowest BCUT2D eigenvalue weighted by Crippen LogP contribution is -2.54. The predicted octanol–water partition coefficient (Wildman–Crippen LogP) is 1.87. The molecule has 5 N–H and O–H groups in total. The van der Waals surface area contributed by atoms with Crippen molar-refractivity contribution in [2.45, 2.75) is 86.8 Å². The topological polar surface area (TPSA) is 104 Å². The van der Waals surface area contributed by atoms with Gasteiger partial charge in [0.25, 0.3) is 0 Å². The Labute approximate surface area is 175 Å². The van der Waals surface area contributed by atoms with Crippen LogP contribution in [0.1, 0.15) is 65.2 Å². The van der Waals surface area contributed by atoms with E-state index in [4.69, 9.17) is 5.73 Å². The van der Waals surface area contributed by atoms with E-state index in [1.807, 2.05) is 0 Å². The number of nitrogens with one attached hydrogen (secondary N) is 2. The first-order chi connectivity index (χ1) is 12.6. The van der Waals surface area contributed by atoms with Crippen molar-refractivity contribution in [1.82, 2.24) is 10.6 Å². The average Bonchev–Trinajstić information content (AvgIpc) is 2.90. The molecule has 3 rings (SSSR count). The number of alkyl halides is 1. The Morgan fingerprint density at radius 3 is 2.41 bits per heavy atom. The Kier molecular flexibility index (Phi) is 6.43. The van der Waals surface area contributed by atoms with Crippen LogP contribution >= 0.6 is 22.6 Å². The van der Waals surface area contributed by atoms with Gasteiger partial charge < -0.3 is 21.5 Å². The first-order valence-electron chi connectivity index (χ1n) is 10.3. The zero-order valence-electron chi connectivity index (χ0n) is 16.5. The van der Waals surface area contributed by atoms with E-state index < -0.39 is 18.1 Å². The third kappa shape index (κ3) is 4.29. The number of carbonyl (C=O) groups is 2. The Balaban J connectivity index is 1.61. The molecule has 2 saturated carbocycles. The summed E-state index contributed by atoms with van der Waals surface area (Å²) in [6.45, 7) is 5.48. The summed E-state index contributed by atoms with van der Waals surface area (Å²) in [6, 6.07) is -0.879. The summed E-state index contributed by atoms with van der Waals surface area (Å²) in [5.41, 5.74) is 5.47. The number of nitrogens with two attached hydrogens (primary N) is 1. The van der Waals surface area contributed by atoms with E-state index in [0.29, 0.717) is 12.3 Å². The summed E-state index contributed by atoms with van der Waals surface area (Å²) < 4.78 is 0.0314. The van der Waals surface area contributed by atoms with Crippen molar-refractivity contribution in [3.63, 3.8) is 0 Å². The van der Waals surface area contributed by atoms with E-state index in [1.165, 1.54) is 25.7 Å². The maximum absolute atomic E-state index is 12.9. The van der Waals surface area contributed by atoms with Gasteiger partial charge in [-0.25, -0.2) is 0 Å². The molecule has 2 aliphatic carbocycles. The van der Waals surface area contributed by atoms with E-state index in [0.717, 1.165) is 31.7 Å². The molecule has 0 spiro atoms. The minimum atomic E-state index is -1.33. The fourth-order valence-electron chi connectivity index (χ4n) is 4.76. The number of aliphatic hydroxyl groups excluding tert-OH is 1. The van der Waals surface area contributed by atoms with Gasteiger partial charge in [-0.2, -0.15) is 0 Å². The van der Waals surface area contributed by atoms with E-state index in [1.54, 1.807) is 0 Å². The van der Waals surface area contributed by atoms with Gasteiger partial charge in [0.05, 0.1) is 12.1 Å². The number of primary amides is 1. The Hall–Kier alpha value is -0.410. The maximum atomic E-state index is 12.9. The number of amides is 2. The molecule has 0 aromatic rings. The van der Waals surface area contributed by atoms with Gasteiger partial charge in [0.1, 0.15) is 0 Å². The monoisotopic (exact) mass is 491 g/mol. The van der Waals surface area contributed by atoms with Gasteiger partial charge in [0.15, 0.2) is 6.10 Å². The molecule has 2 amide bonds. The number of halogens is 1. The molecule has 4 atom stereocenters. The zero-order valence-corrected chi connectivity index (χ0v) is 18.6. The van der Waals surface area contributed by atoms with Crippen molar-refractivity contribution >= 4 is 34.4 Å². The van der Waals surface area contributed by atoms with E-state index in [9.17, 15) is 14.7 Å². The lowest BCUT2D eigenvalue weighted by atomic mass is 9.61. The quantitative estimate of drug-likeness (QED) is 0.308. The van der Waals surface area contributed by atoms with Gasteiger partial charge in [-0.3, -0.25) is 9.59 Å². The molecule has 27 heavy (non-hydrogen) atoms. The fraction of sp³-hybridized carbons (Fsp3) is 0.900. The van der Waals surface area contributed by atoms with Gasteiger partial charge in [0.2, 0.25) is 11.8 Å². The third-order valence-electron chi connectivity index (χ3n) is 7.57. The number of hydrogen-bond donors (Lipinski definition) is 4. The Bertz CT molecular complexity index is 577. The molecule has 1 aliphatic heterocycles. The fourth-order valence-corrected chi connectivity index (χ4v) is 5.86. The van der Waals surface area contributed by atoms with Crippen LogP contribution in [0.15, 0.2) is 0 Å². The SMILES string of the molecule is CC(C)(C1CCC1)[C@]1(I)CN[C@H](C(=O)NC(CC2CCC2)C(O)C(N)=O)C1. The molecule has 0 aromatic carbocycles. The number of carbonyl (C=O) groups excluding carboxylic acids is 2. The van der Waals surface area contributed by atoms with Crippen molar-refractivity contribution in [2.24, 2.45) is 23.0 Å². The summed E-state index contributed by atoms with van der Waals surface area (Å²) in [5.74, 6) is 0.291. The number of rotatable bonds is 8. The molecular formula is C20H34IN3O3. The van der Waals surface area contributed by atoms with Crippen LogP contribution < -0.4 is 16.4 Å².